The van der Waals surface area contributed by atoms with Gasteiger partial charge in [0, 0.05) is 36.4 Å². The van der Waals surface area contributed by atoms with E-state index in [0.717, 1.165) is 55.5 Å². The van der Waals surface area contributed by atoms with Crippen LogP contribution in [0.2, 0.25) is 0 Å². The largest absolute Gasteiger partial charge is 0.493 e. The van der Waals surface area contributed by atoms with E-state index in [0.29, 0.717) is 71.1 Å². The Morgan fingerprint density at radius 1 is 0.776 bits per heavy atom. The first-order chi connectivity index (χ1) is 24.0. The van der Waals surface area contributed by atoms with Crippen LogP contribution in [0.4, 0.5) is 5.69 Å². The summed E-state index contributed by atoms with van der Waals surface area (Å²) < 4.78 is 39.8. The normalized spacial score (nSPS) is 17.8. The molecule has 12 nitrogen and oxygen atoms in total. The molecule has 0 saturated carbocycles. The van der Waals surface area contributed by atoms with Crippen LogP contribution in [0.15, 0.2) is 52.6 Å². The van der Waals surface area contributed by atoms with Gasteiger partial charge in [-0.2, -0.15) is 0 Å². The maximum atomic E-state index is 13.1. The van der Waals surface area contributed by atoms with Crippen molar-refractivity contribution < 1.29 is 42.8 Å². The fourth-order valence-corrected chi connectivity index (χ4v) is 6.35. The molecule has 0 bridgehead atoms. The van der Waals surface area contributed by atoms with Crippen LogP contribution in [0.25, 0.3) is 0 Å². The maximum absolute atomic E-state index is 13.1. The molecule has 1 amide bonds. The summed E-state index contributed by atoms with van der Waals surface area (Å²) in [5, 5.41) is 4.36. The molecule has 0 N–H and O–H groups in total. The SMILES string of the molecule is COc1cc(C2=NOC(c3cc(OC)c(OC)c(OC)c3)C2)ccc1OCCCCCOc1cc2c(cc1OC)C(=O)N1CCC[C@H]1C=N2. The van der Waals surface area contributed by atoms with Crippen LogP contribution >= 0.6 is 0 Å². The average Bonchev–Trinajstić information content (AvgIpc) is 3.81. The van der Waals surface area contributed by atoms with E-state index in [2.05, 4.69) is 10.1 Å². The highest BCUT2D eigenvalue weighted by Crippen LogP contribution is 2.43. The van der Waals surface area contributed by atoms with Gasteiger partial charge in [0.25, 0.3) is 5.91 Å². The first-order valence-corrected chi connectivity index (χ1v) is 16.5. The quantitative estimate of drug-likeness (QED) is 0.166. The molecule has 3 aromatic rings. The summed E-state index contributed by atoms with van der Waals surface area (Å²) in [5.41, 5.74) is 3.73. The van der Waals surface area contributed by atoms with Gasteiger partial charge in [-0.05, 0) is 68.5 Å². The second-order valence-electron chi connectivity index (χ2n) is 11.9. The molecule has 260 valence electrons. The number of oxime groups is 1. The molecule has 3 heterocycles. The third-order valence-corrected chi connectivity index (χ3v) is 8.99. The molecule has 6 rings (SSSR count). The molecule has 3 aliphatic rings. The van der Waals surface area contributed by atoms with Gasteiger partial charge in [-0.15, -0.1) is 0 Å². The zero-order valence-electron chi connectivity index (χ0n) is 28.7. The molecule has 0 radical (unpaired) electrons. The highest BCUT2D eigenvalue weighted by molar-refractivity contribution is 6.03. The third-order valence-electron chi connectivity index (χ3n) is 8.99. The van der Waals surface area contributed by atoms with Crippen molar-refractivity contribution in [2.45, 2.75) is 50.7 Å². The van der Waals surface area contributed by atoms with E-state index in [4.69, 9.17) is 38.0 Å². The number of hydrogen-bond acceptors (Lipinski definition) is 11. The molecule has 0 aliphatic carbocycles. The molecule has 1 fully saturated rings. The zero-order chi connectivity index (χ0) is 34.3. The molecule has 1 unspecified atom stereocenters. The smallest absolute Gasteiger partial charge is 0.256 e. The van der Waals surface area contributed by atoms with Crippen LogP contribution in [0, 0.1) is 0 Å². The lowest BCUT2D eigenvalue weighted by Crippen LogP contribution is -2.35. The van der Waals surface area contributed by atoms with Gasteiger partial charge in [0.15, 0.2) is 40.6 Å². The van der Waals surface area contributed by atoms with Gasteiger partial charge in [-0.3, -0.25) is 9.79 Å². The van der Waals surface area contributed by atoms with Crippen molar-refractivity contribution >= 4 is 23.5 Å². The molecule has 0 spiro atoms. The first kappa shape index (κ1) is 33.8. The Balaban J connectivity index is 0.981. The number of unbranched alkanes of at least 4 members (excludes halogenated alkanes) is 2. The minimum absolute atomic E-state index is 0.00598. The molecule has 3 aliphatic heterocycles. The fraction of sp³-hybridized carbons (Fsp3) is 0.432. The highest BCUT2D eigenvalue weighted by atomic mass is 16.6. The minimum atomic E-state index is -0.303. The number of benzene rings is 3. The van der Waals surface area contributed by atoms with Gasteiger partial charge in [-0.25, -0.2) is 0 Å². The van der Waals surface area contributed by atoms with E-state index in [9.17, 15) is 4.79 Å². The second kappa shape index (κ2) is 15.4. The van der Waals surface area contributed by atoms with E-state index < -0.39 is 0 Å². The summed E-state index contributed by atoms with van der Waals surface area (Å²) in [6.07, 6.45) is 6.63. The molecular formula is C37H43N3O9. The lowest BCUT2D eigenvalue weighted by molar-refractivity contribution is 0.0774. The number of fused-ring (bicyclic) bond motifs is 2. The summed E-state index contributed by atoms with van der Waals surface area (Å²) in [7, 11) is 7.95. The van der Waals surface area contributed by atoms with E-state index >= 15 is 0 Å². The number of nitrogens with zero attached hydrogens (tertiary/aromatic N) is 3. The van der Waals surface area contributed by atoms with Crippen molar-refractivity contribution in [3.63, 3.8) is 0 Å². The number of aliphatic imine (C=N–C) groups is 1. The first-order valence-electron chi connectivity index (χ1n) is 16.5. The number of amides is 1. The number of hydrogen-bond donors (Lipinski definition) is 0. The van der Waals surface area contributed by atoms with E-state index in [1.165, 1.54) is 0 Å². The predicted molar refractivity (Wildman–Crippen MR) is 184 cm³/mol. The van der Waals surface area contributed by atoms with Crippen LogP contribution < -0.4 is 33.2 Å². The summed E-state index contributed by atoms with van der Waals surface area (Å²) in [6, 6.07) is 13.1. The lowest BCUT2D eigenvalue weighted by atomic mass is 9.99. The monoisotopic (exact) mass is 673 g/mol. The van der Waals surface area contributed by atoms with Crippen LogP contribution in [0.5, 0.6) is 40.2 Å². The van der Waals surface area contributed by atoms with Crippen LogP contribution in [-0.2, 0) is 4.84 Å². The molecular weight excluding hydrogens is 630 g/mol. The highest BCUT2D eigenvalue weighted by Gasteiger charge is 2.33. The maximum Gasteiger partial charge on any atom is 0.256 e. The molecule has 2 atom stereocenters. The standard InChI is InChI=1S/C37H43N3O9/c1-42-31-16-23(27-20-30(49-39-27)24-17-34(44-3)36(46-5)35(18-24)45-4)11-12-29(31)47-14-7-6-8-15-48-33-21-28-26(19-32(33)43-2)37(41)40-13-9-10-25(40)22-38-28/h11-12,16-19,21-22,25,30H,6-10,13-15,20H2,1-5H3/t25-,30?/m0/s1. The van der Waals surface area contributed by atoms with Gasteiger partial charge in [-0.1, -0.05) is 5.16 Å². The van der Waals surface area contributed by atoms with Crippen LogP contribution in [0.3, 0.4) is 0 Å². The molecule has 12 heteroatoms. The Hall–Kier alpha value is -5.13. The number of ether oxygens (including phenoxy) is 7. The van der Waals surface area contributed by atoms with E-state index in [-0.39, 0.29) is 18.1 Å². The average molecular weight is 674 g/mol. The van der Waals surface area contributed by atoms with Gasteiger partial charge in [0.2, 0.25) is 5.75 Å². The number of methoxy groups -OCH3 is 5. The van der Waals surface area contributed by atoms with Crippen molar-refractivity contribution in [2.24, 2.45) is 10.1 Å². The summed E-state index contributed by atoms with van der Waals surface area (Å²) >= 11 is 0. The number of carbonyl (C=O) groups is 1. The Morgan fingerprint density at radius 3 is 2.16 bits per heavy atom. The molecule has 1 saturated heterocycles. The van der Waals surface area contributed by atoms with Crippen LogP contribution in [-0.4, -0.2) is 84.1 Å². The van der Waals surface area contributed by atoms with Crippen molar-refractivity contribution in [1.29, 1.82) is 0 Å². The van der Waals surface area contributed by atoms with Crippen molar-refractivity contribution in [3.8, 4) is 40.2 Å². The van der Waals surface area contributed by atoms with Gasteiger partial charge in [0.1, 0.15) is 0 Å². The van der Waals surface area contributed by atoms with E-state index in [1.54, 1.807) is 47.7 Å². The van der Waals surface area contributed by atoms with Gasteiger partial charge < -0.3 is 42.9 Å². The van der Waals surface area contributed by atoms with Crippen molar-refractivity contribution in [2.75, 3.05) is 55.3 Å². The lowest BCUT2D eigenvalue weighted by Gasteiger charge is -2.20. The Morgan fingerprint density at radius 2 is 1.47 bits per heavy atom. The van der Waals surface area contributed by atoms with Crippen LogP contribution in [0.1, 0.15) is 66.1 Å². The number of carbonyl (C=O) groups excluding carboxylic acids is 1. The zero-order valence-corrected chi connectivity index (χ0v) is 28.7. The van der Waals surface area contributed by atoms with Gasteiger partial charge in [0.05, 0.1) is 71.8 Å². The summed E-state index contributed by atoms with van der Waals surface area (Å²) in [4.78, 5) is 25.4. The molecule has 49 heavy (non-hydrogen) atoms. The third kappa shape index (κ3) is 7.18. The topological polar surface area (TPSA) is 119 Å². The molecule has 3 aromatic carbocycles. The fourth-order valence-electron chi connectivity index (χ4n) is 6.35. The summed E-state index contributed by atoms with van der Waals surface area (Å²) in [5.74, 6) is 4.04. The molecule has 0 aromatic heterocycles. The minimum Gasteiger partial charge on any atom is -0.493 e. The summed E-state index contributed by atoms with van der Waals surface area (Å²) in [6.45, 7) is 1.78. The Labute approximate surface area is 286 Å². The van der Waals surface area contributed by atoms with E-state index in [1.807, 2.05) is 41.4 Å². The Kier molecular flexibility index (Phi) is 10.6. The number of rotatable bonds is 15. The second-order valence-corrected chi connectivity index (χ2v) is 11.9. The Bertz CT molecular complexity index is 1700. The predicted octanol–water partition coefficient (Wildman–Crippen LogP) is 6.54. The van der Waals surface area contributed by atoms with Crippen molar-refractivity contribution in [1.82, 2.24) is 4.90 Å². The van der Waals surface area contributed by atoms with Gasteiger partial charge >= 0.3 is 0 Å². The van der Waals surface area contributed by atoms with Crippen molar-refractivity contribution in [3.05, 3.63) is 59.2 Å².